The summed E-state index contributed by atoms with van der Waals surface area (Å²) in [4.78, 5) is 13.2. The first-order chi connectivity index (χ1) is 13.2. The number of halogens is 3. The number of nitrogens with one attached hydrogen (secondary N) is 1. The summed E-state index contributed by atoms with van der Waals surface area (Å²) >= 11 is 0. The minimum absolute atomic E-state index is 0.405. The van der Waals surface area contributed by atoms with Gasteiger partial charge in [-0.05, 0) is 26.8 Å². The van der Waals surface area contributed by atoms with Crippen molar-refractivity contribution in [3.8, 4) is 0 Å². The number of likely N-dealkylation sites (N-methyl/N-ethyl adjacent to an activating group) is 1. The summed E-state index contributed by atoms with van der Waals surface area (Å²) in [6, 6.07) is -1.39. The minimum Gasteiger partial charge on any atom is -0.357 e. The predicted molar refractivity (Wildman–Crippen MR) is 108 cm³/mol. The van der Waals surface area contributed by atoms with E-state index in [1.165, 1.54) is 11.8 Å². The van der Waals surface area contributed by atoms with Gasteiger partial charge in [-0.2, -0.15) is 13.2 Å². The summed E-state index contributed by atoms with van der Waals surface area (Å²) in [6.45, 7) is 14.4. The minimum atomic E-state index is -4.17. The fraction of sp³-hybridized carbons (Fsp3) is 0.947. The molecule has 0 aromatic rings. The Morgan fingerprint density at radius 2 is 1.61 bits per heavy atom. The lowest BCUT2D eigenvalue weighted by Crippen LogP contribution is -2.56. The van der Waals surface area contributed by atoms with Crippen molar-refractivity contribution in [2.45, 2.75) is 33.0 Å². The SMILES string of the molecule is CCNC(=NCC(C)CN1CCN(C)CC1)N1CCN(C(C)C(F)(F)F)CC1. The molecule has 0 aliphatic carbocycles. The Morgan fingerprint density at radius 3 is 2.14 bits per heavy atom. The van der Waals surface area contributed by atoms with Crippen molar-refractivity contribution in [2.24, 2.45) is 10.9 Å². The average Bonchev–Trinajstić information content (AvgIpc) is 2.66. The molecule has 28 heavy (non-hydrogen) atoms. The lowest BCUT2D eigenvalue weighted by Gasteiger charge is -2.39. The Balaban J connectivity index is 1.83. The van der Waals surface area contributed by atoms with E-state index in [2.05, 4.69) is 34.0 Å². The van der Waals surface area contributed by atoms with Crippen LogP contribution in [0.1, 0.15) is 20.8 Å². The van der Waals surface area contributed by atoms with Gasteiger partial charge in [0.15, 0.2) is 5.96 Å². The van der Waals surface area contributed by atoms with Gasteiger partial charge in [0, 0.05) is 72.0 Å². The van der Waals surface area contributed by atoms with Crippen molar-refractivity contribution in [1.29, 1.82) is 0 Å². The number of hydrogen-bond donors (Lipinski definition) is 1. The molecule has 2 saturated heterocycles. The number of aliphatic imine (C=N–C) groups is 1. The molecule has 0 aromatic carbocycles. The molecular formula is C19H37F3N6. The molecule has 0 aromatic heterocycles. The molecule has 9 heteroatoms. The summed E-state index contributed by atoms with van der Waals surface area (Å²) in [5.74, 6) is 1.27. The van der Waals surface area contributed by atoms with Gasteiger partial charge >= 0.3 is 6.18 Å². The summed E-state index contributed by atoms with van der Waals surface area (Å²) in [6.07, 6.45) is -4.17. The van der Waals surface area contributed by atoms with Crippen LogP contribution in [-0.2, 0) is 0 Å². The number of nitrogens with zero attached hydrogens (tertiary/aromatic N) is 5. The molecule has 2 aliphatic heterocycles. The Kier molecular flexibility index (Phi) is 8.82. The van der Waals surface area contributed by atoms with Crippen LogP contribution < -0.4 is 5.32 Å². The van der Waals surface area contributed by atoms with Gasteiger partial charge in [0.1, 0.15) is 6.04 Å². The van der Waals surface area contributed by atoms with Crippen LogP contribution in [0.3, 0.4) is 0 Å². The van der Waals surface area contributed by atoms with Gasteiger partial charge in [-0.1, -0.05) is 6.92 Å². The maximum Gasteiger partial charge on any atom is 0.403 e. The Labute approximate surface area is 167 Å². The molecule has 0 bridgehead atoms. The molecule has 0 spiro atoms. The van der Waals surface area contributed by atoms with Crippen LogP contribution in [0.4, 0.5) is 13.2 Å². The smallest absolute Gasteiger partial charge is 0.357 e. The van der Waals surface area contributed by atoms with Gasteiger partial charge in [-0.25, -0.2) is 0 Å². The van der Waals surface area contributed by atoms with Gasteiger partial charge in [-0.15, -0.1) is 0 Å². The highest BCUT2D eigenvalue weighted by Gasteiger charge is 2.41. The van der Waals surface area contributed by atoms with E-state index in [0.29, 0.717) is 32.1 Å². The van der Waals surface area contributed by atoms with Crippen molar-refractivity contribution in [1.82, 2.24) is 24.9 Å². The van der Waals surface area contributed by atoms with E-state index in [1.54, 1.807) is 0 Å². The number of alkyl halides is 3. The zero-order chi connectivity index (χ0) is 20.7. The first-order valence-corrected chi connectivity index (χ1v) is 10.5. The van der Waals surface area contributed by atoms with E-state index in [1.807, 2.05) is 6.92 Å². The first-order valence-electron chi connectivity index (χ1n) is 10.5. The van der Waals surface area contributed by atoms with E-state index in [4.69, 9.17) is 4.99 Å². The topological polar surface area (TPSA) is 37.4 Å². The van der Waals surface area contributed by atoms with Crippen LogP contribution in [0.2, 0.25) is 0 Å². The summed E-state index contributed by atoms with van der Waals surface area (Å²) in [5.41, 5.74) is 0. The van der Waals surface area contributed by atoms with Crippen LogP contribution in [0.25, 0.3) is 0 Å². The third-order valence-electron chi connectivity index (χ3n) is 5.69. The molecule has 1 N–H and O–H groups in total. The van der Waals surface area contributed by atoms with Crippen molar-refractivity contribution in [3.63, 3.8) is 0 Å². The zero-order valence-electron chi connectivity index (χ0n) is 17.8. The summed E-state index contributed by atoms with van der Waals surface area (Å²) in [7, 11) is 2.16. The standard InChI is InChI=1S/C19H37F3N6/c1-5-23-18(24-14-16(2)15-26-8-6-25(4)7-9-26)28-12-10-27(11-13-28)17(3)19(20,21)22/h16-17H,5-15H2,1-4H3,(H,23,24). The molecule has 2 unspecified atom stereocenters. The van der Waals surface area contributed by atoms with E-state index >= 15 is 0 Å². The fourth-order valence-electron chi connectivity index (χ4n) is 3.73. The molecular weight excluding hydrogens is 369 g/mol. The second kappa shape index (κ2) is 10.6. The van der Waals surface area contributed by atoms with Crippen LogP contribution in [0.5, 0.6) is 0 Å². The predicted octanol–water partition coefficient (Wildman–Crippen LogP) is 1.40. The molecule has 0 saturated carbocycles. The molecule has 2 aliphatic rings. The van der Waals surface area contributed by atoms with Crippen molar-refractivity contribution >= 4 is 5.96 Å². The third kappa shape index (κ3) is 7.08. The highest BCUT2D eigenvalue weighted by atomic mass is 19.4. The van der Waals surface area contributed by atoms with Gasteiger partial charge in [0.25, 0.3) is 0 Å². The van der Waals surface area contributed by atoms with E-state index in [0.717, 1.165) is 51.8 Å². The molecule has 2 heterocycles. The lowest BCUT2D eigenvalue weighted by atomic mass is 10.1. The Hall–Kier alpha value is -1.06. The average molecular weight is 407 g/mol. The Bertz CT molecular complexity index is 483. The molecule has 2 atom stereocenters. The summed E-state index contributed by atoms with van der Waals surface area (Å²) in [5, 5.41) is 3.31. The van der Waals surface area contributed by atoms with Gasteiger partial charge < -0.3 is 20.0 Å². The maximum absolute atomic E-state index is 12.9. The molecule has 0 radical (unpaired) electrons. The number of rotatable bonds is 6. The fourth-order valence-corrected chi connectivity index (χ4v) is 3.73. The van der Waals surface area contributed by atoms with E-state index < -0.39 is 12.2 Å². The van der Waals surface area contributed by atoms with Gasteiger partial charge in [0.05, 0.1) is 0 Å². The number of piperazine rings is 2. The van der Waals surface area contributed by atoms with Crippen LogP contribution in [0, 0.1) is 5.92 Å². The second-order valence-electron chi connectivity index (χ2n) is 8.14. The van der Waals surface area contributed by atoms with Crippen LogP contribution in [-0.4, -0.2) is 117 Å². The molecule has 2 rings (SSSR count). The molecule has 2 fully saturated rings. The third-order valence-corrected chi connectivity index (χ3v) is 5.69. The molecule has 0 amide bonds. The summed E-state index contributed by atoms with van der Waals surface area (Å²) < 4.78 is 38.8. The highest BCUT2D eigenvalue weighted by molar-refractivity contribution is 5.80. The molecule has 6 nitrogen and oxygen atoms in total. The quantitative estimate of drug-likeness (QED) is 0.533. The van der Waals surface area contributed by atoms with Gasteiger partial charge in [0.2, 0.25) is 0 Å². The van der Waals surface area contributed by atoms with Crippen molar-refractivity contribution < 1.29 is 13.2 Å². The lowest BCUT2D eigenvalue weighted by molar-refractivity contribution is -0.181. The maximum atomic E-state index is 12.9. The monoisotopic (exact) mass is 406 g/mol. The normalized spacial score (nSPS) is 23.7. The number of hydrogen-bond acceptors (Lipinski definition) is 4. The second-order valence-corrected chi connectivity index (χ2v) is 8.14. The van der Waals surface area contributed by atoms with Gasteiger partial charge in [-0.3, -0.25) is 9.89 Å². The first kappa shape index (κ1) is 23.2. The Morgan fingerprint density at radius 1 is 1.00 bits per heavy atom. The van der Waals surface area contributed by atoms with Crippen LogP contribution >= 0.6 is 0 Å². The van der Waals surface area contributed by atoms with Crippen molar-refractivity contribution in [3.05, 3.63) is 0 Å². The van der Waals surface area contributed by atoms with Crippen molar-refractivity contribution in [2.75, 3.05) is 79.0 Å². The van der Waals surface area contributed by atoms with E-state index in [-0.39, 0.29) is 0 Å². The van der Waals surface area contributed by atoms with Crippen LogP contribution in [0.15, 0.2) is 4.99 Å². The largest absolute Gasteiger partial charge is 0.403 e. The molecule has 164 valence electrons. The van der Waals surface area contributed by atoms with E-state index in [9.17, 15) is 13.2 Å². The zero-order valence-corrected chi connectivity index (χ0v) is 17.8. The number of guanidine groups is 1. The highest BCUT2D eigenvalue weighted by Crippen LogP contribution is 2.25.